The number of H-pyrrole nitrogens is 1. The van der Waals surface area contributed by atoms with E-state index in [4.69, 9.17) is 26.2 Å². The molecule has 2 aromatic heterocycles. The summed E-state index contributed by atoms with van der Waals surface area (Å²) in [4.78, 5) is 27.5. The number of piperazine rings is 1. The highest BCUT2D eigenvalue weighted by atomic mass is 35.5. The Kier molecular flexibility index (Phi) is 6.08. The summed E-state index contributed by atoms with van der Waals surface area (Å²) in [6, 6.07) is 7.61. The van der Waals surface area contributed by atoms with Crippen LogP contribution in [0.2, 0.25) is 5.02 Å². The smallest absolute Gasteiger partial charge is 0.277 e. The number of benzene rings is 1. The molecule has 1 aliphatic heterocycles. The molecule has 1 saturated heterocycles. The molecule has 0 bridgehead atoms. The number of nitrogens with zero attached hydrogens (tertiary/aromatic N) is 2. The lowest BCUT2D eigenvalue weighted by molar-refractivity contribution is 0.0366. The number of anilines is 1. The lowest BCUT2D eigenvalue weighted by Crippen LogP contribution is -2.43. The fraction of sp³-hybridized carbons (Fsp3) is 0.333. The highest BCUT2D eigenvalue weighted by Crippen LogP contribution is 2.38. The molecule has 9 heteroatoms. The van der Waals surface area contributed by atoms with E-state index in [-0.39, 0.29) is 5.91 Å². The summed E-state index contributed by atoms with van der Waals surface area (Å²) < 4.78 is 5.59. The van der Waals surface area contributed by atoms with E-state index in [9.17, 15) is 4.79 Å². The van der Waals surface area contributed by atoms with Crippen molar-refractivity contribution >= 4 is 34.2 Å². The summed E-state index contributed by atoms with van der Waals surface area (Å²) in [6.07, 6.45) is 1.64. The minimum atomic E-state index is -0.324. The molecule has 4 rings (SSSR count). The first kappa shape index (κ1) is 20.5. The molecule has 1 aliphatic rings. The molecule has 0 unspecified atom stereocenters. The Morgan fingerprint density at radius 3 is 2.80 bits per heavy atom. The van der Waals surface area contributed by atoms with Crippen LogP contribution in [-0.4, -0.2) is 55.8 Å². The summed E-state index contributed by atoms with van der Waals surface area (Å²) in [5.74, 6) is 1.03. The number of hydrogen-bond acceptors (Lipinski definition) is 6. The normalized spacial score (nSPS) is 14.2. The van der Waals surface area contributed by atoms with Crippen LogP contribution >= 0.6 is 11.6 Å². The van der Waals surface area contributed by atoms with Crippen LogP contribution in [0.25, 0.3) is 22.0 Å². The molecule has 1 amide bonds. The molecule has 0 radical (unpaired) electrons. The van der Waals surface area contributed by atoms with Crippen LogP contribution in [0, 0.1) is 0 Å². The molecule has 3 N–H and O–H groups in total. The van der Waals surface area contributed by atoms with Crippen molar-refractivity contribution in [3.05, 3.63) is 41.0 Å². The average Bonchev–Trinajstić information content (AvgIpc) is 3.19. The van der Waals surface area contributed by atoms with Gasteiger partial charge in [-0.3, -0.25) is 9.63 Å². The zero-order chi connectivity index (χ0) is 21.1. The molecule has 30 heavy (non-hydrogen) atoms. The predicted molar refractivity (Wildman–Crippen MR) is 117 cm³/mol. The van der Waals surface area contributed by atoms with Crippen molar-refractivity contribution in [1.82, 2.24) is 20.8 Å². The number of ether oxygens (including phenoxy) is 1. The molecule has 0 aliphatic carbocycles. The van der Waals surface area contributed by atoms with Gasteiger partial charge in [0.05, 0.1) is 24.3 Å². The van der Waals surface area contributed by atoms with Crippen LogP contribution in [0.1, 0.15) is 17.3 Å². The summed E-state index contributed by atoms with van der Waals surface area (Å²) in [5, 5.41) is 4.61. The van der Waals surface area contributed by atoms with Crippen LogP contribution in [-0.2, 0) is 4.84 Å². The van der Waals surface area contributed by atoms with E-state index in [1.807, 2.05) is 18.2 Å². The number of carbonyl (C=O) groups excluding carboxylic acids is 1. The van der Waals surface area contributed by atoms with Gasteiger partial charge in [-0.1, -0.05) is 11.6 Å². The molecular formula is C21H24ClN5O3. The van der Waals surface area contributed by atoms with Gasteiger partial charge in [-0.05, 0) is 31.2 Å². The van der Waals surface area contributed by atoms with Gasteiger partial charge in [-0.15, -0.1) is 0 Å². The molecule has 158 valence electrons. The lowest BCUT2D eigenvalue weighted by Gasteiger charge is -2.28. The number of halogens is 1. The number of aromatic amines is 1. The number of fused-ring (bicyclic) bond motifs is 1. The largest absolute Gasteiger partial charge is 0.480 e. The van der Waals surface area contributed by atoms with Gasteiger partial charge < -0.3 is 19.9 Å². The Morgan fingerprint density at radius 1 is 1.27 bits per heavy atom. The average molecular weight is 430 g/mol. The molecule has 1 aromatic carbocycles. The summed E-state index contributed by atoms with van der Waals surface area (Å²) in [6.45, 7) is 5.82. The first-order valence-electron chi connectivity index (χ1n) is 9.86. The van der Waals surface area contributed by atoms with E-state index in [1.54, 1.807) is 26.3 Å². The first-order valence-corrected chi connectivity index (χ1v) is 10.2. The van der Waals surface area contributed by atoms with Crippen LogP contribution in [0.3, 0.4) is 0 Å². The van der Waals surface area contributed by atoms with Crippen molar-refractivity contribution in [3.63, 3.8) is 0 Å². The molecule has 3 aromatic rings. The van der Waals surface area contributed by atoms with Crippen molar-refractivity contribution in [2.45, 2.75) is 6.92 Å². The first-order chi connectivity index (χ1) is 14.6. The zero-order valence-electron chi connectivity index (χ0n) is 16.9. The molecule has 1 fully saturated rings. The molecular weight excluding hydrogens is 406 g/mol. The van der Waals surface area contributed by atoms with Gasteiger partial charge >= 0.3 is 0 Å². The van der Waals surface area contributed by atoms with E-state index in [2.05, 4.69) is 20.7 Å². The number of pyridine rings is 1. The van der Waals surface area contributed by atoms with Gasteiger partial charge in [0.15, 0.2) is 0 Å². The summed E-state index contributed by atoms with van der Waals surface area (Å²) >= 11 is 6.58. The molecule has 0 atom stereocenters. The van der Waals surface area contributed by atoms with Crippen molar-refractivity contribution in [2.24, 2.45) is 0 Å². The number of aromatic nitrogens is 2. The summed E-state index contributed by atoms with van der Waals surface area (Å²) in [5.41, 5.74) is 5.17. The van der Waals surface area contributed by atoms with Gasteiger partial charge in [0, 0.05) is 54.4 Å². The second kappa shape index (κ2) is 8.91. The minimum Gasteiger partial charge on any atom is -0.480 e. The van der Waals surface area contributed by atoms with Gasteiger partial charge in [0.2, 0.25) is 5.88 Å². The van der Waals surface area contributed by atoms with Gasteiger partial charge in [-0.25, -0.2) is 5.48 Å². The Balaban J connectivity index is 1.74. The predicted octanol–water partition coefficient (Wildman–Crippen LogP) is 2.98. The van der Waals surface area contributed by atoms with E-state index < -0.39 is 0 Å². The van der Waals surface area contributed by atoms with Gasteiger partial charge in [0.1, 0.15) is 5.82 Å². The van der Waals surface area contributed by atoms with E-state index >= 15 is 0 Å². The van der Waals surface area contributed by atoms with Crippen molar-refractivity contribution in [3.8, 4) is 17.0 Å². The Morgan fingerprint density at radius 2 is 2.07 bits per heavy atom. The number of amides is 1. The van der Waals surface area contributed by atoms with Gasteiger partial charge in [0.25, 0.3) is 5.91 Å². The van der Waals surface area contributed by atoms with Crippen molar-refractivity contribution in [2.75, 3.05) is 44.8 Å². The third-order valence-corrected chi connectivity index (χ3v) is 5.41. The second-order valence-electron chi connectivity index (χ2n) is 6.91. The number of hydroxylamine groups is 1. The zero-order valence-corrected chi connectivity index (χ0v) is 17.7. The fourth-order valence-corrected chi connectivity index (χ4v) is 3.86. The molecule has 3 heterocycles. The molecule has 8 nitrogen and oxygen atoms in total. The second-order valence-corrected chi connectivity index (χ2v) is 7.31. The quantitative estimate of drug-likeness (QED) is 0.522. The maximum Gasteiger partial charge on any atom is 0.277 e. The van der Waals surface area contributed by atoms with Gasteiger partial charge in [-0.2, -0.15) is 4.98 Å². The maximum atomic E-state index is 12.4. The third-order valence-electron chi connectivity index (χ3n) is 5.09. The lowest BCUT2D eigenvalue weighted by atomic mass is 10.0. The topological polar surface area (TPSA) is 91.5 Å². The molecule has 0 spiro atoms. The number of hydrogen-bond donors (Lipinski definition) is 3. The van der Waals surface area contributed by atoms with E-state index in [0.29, 0.717) is 23.1 Å². The standard InChI is InChI=1S/C21H24ClN5O3/c1-3-30-26-20(28)16-12-24-18-11-17(22)14(10-15(16)18)13-4-5-19(25-21(13)29-2)27-8-6-23-7-9-27/h4-5,10-12,23-24H,3,6-9H2,1-2H3,(H,26,28). The van der Waals surface area contributed by atoms with Crippen LogP contribution < -0.4 is 20.4 Å². The monoisotopic (exact) mass is 429 g/mol. The van der Waals surface area contributed by atoms with E-state index in [1.165, 1.54) is 0 Å². The Hall–Kier alpha value is -2.81. The molecule has 0 saturated carbocycles. The highest BCUT2D eigenvalue weighted by Gasteiger charge is 2.19. The van der Waals surface area contributed by atoms with Crippen LogP contribution in [0.4, 0.5) is 5.82 Å². The third kappa shape index (κ3) is 3.94. The highest BCUT2D eigenvalue weighted by molar-refractivity contribution is 6.34. The Bertz CT molecular complexity index is 1060. The maximum absolute atomic E-state index is 12.4. The van der Waals surface area contributed by atoms with E-state index in [0.717, 1.165) is 54.0 Å². The van der Waals surface area contributed by atoms with Crippen LogP contribution in [0.5, 0.6) is 5.88 Å². The SMILES string of the molecule is CCONC(=O)c1c[nH]c2cc(Cl)c(-c3ccc(N4CCNCC4)nc3OC)cc12. The Labute approximate surface area is 179 Å². The van der Waals surface area contributed by atoms with Crippen molar-refractivity contribution in [1.29, 1.82) is 0 Å². The number of methoxy groups -OCH3 is 1. The fourth-order valence-electron chi connectivity index (χ4n) is 3.59. The number of carbonyl (C=O) groups is 1. The number of rotatable bonds is 6. The summed E-state index contributed by atoms with van der Waals surface area (Å²) in [7, 11) is 1.59. The number of nitrogens with one attached hydrogen (secondary N) is 3. The van der Waals surface area contributed by atoms with Crippen LogP contribution in [0.15, 0.2) is 30.5 Å². The minimum absolute atomic E-state index is 0.324. The van der Waals surface area contributed by atoms with Crippen molar-refractivity contribution < 1.29 is 14.4 Å².